The molecule has 0 bridgehead atoms. The second-order valence-electron chi connectivity index (χ2n) is 4.28. The van der Waals surface area contributed by atoms with Crippen LogP contribution in [0.5, 0.6) is 5.75 Å². The quantitative estimate of drug-likeness (QED) is 0.785. The molecule has 1 aliphatic heterocycles. The van der Waals surface area contributed by atoms with Gasteiger partial charge in [-0.25, -0.2) is 0 Å². The summed E-state index contributed by atoms with van der Waals surface area (Å²) < 4.78 is 28.8. The molecule has 2 rings (SSSR count). The second kappa shape index (κ2) is 6.31. The third kappa shape index (κ3) is 3.77. The minimum atomic E-state index is -2.87. The number of alkyl halides is 2. The average Bonchev–Trinajstić information content (AvgIpc) is 2.90. The number of benzene rings is 1. The van der Waals surface area contributed by atoms with Crippen LogP contribution in [0.1, 0.15) is 18.4 Å². The number of hydrogen-bond donors (Lipinski definition) is 0. The number of para-hydroxylation sites is 1. The molecule has 0 saturated carbocycles. The lowest BCUT2D eigenvalue weighted by molar-refractivity contribution is -0.124. The molecule has 0 aromatic heterocycles. The summed E-state index contributed by atoms with van der Waals surface area (Å²) in [6.07, 6.45) is 4.95. The van der Waals surface area contributed by atoms with Crippen LogP contribution in [0, 0.1) is 0 Å². The van der Waals surface area contributed by atoms with E-state index in [1.54, 1.807) is 23.1 Å². The molecule has 1 saturated heterocycles. The summed E-state index contributed by atoms with van der Waals surface area (Å²) in [7, 11) is 0. The Morgan fingerprint density at radius 3 is 2.63 bits per heavy atom. The van der Waals surface area contributed by atoms with Crippen LogP contribution >= 0.6 is 0 Å². The summed E-state index contributed by atoms with van der Waals surface area (Å²) in [5.74, 6) is -0.0210. The van der Waals surface area contributed by atoms with Crippen molar-refractivity contribution in [1.82, 2.24) is 4.90 Å². The number of halogens is 2. The summed E-state index contributed by atoms with van der Waals surface area (Å²) in [5.41, 5.74) is 0.468. The van der Waals surface area contributed by atoms with Gasteiger partial charge in [0.15, 0.2) is 0 Å². The van der Waals surface area contributed by atoms with Crippen molar-refractivity contribution in [3.05, 3.63) is 35.9 Å². The lowest BCUT2D eigenvalue weighted by Crippen LogP contribution is -2.25. The Morgan fingerprint density at radius 1 is 1.26 bits per heavy atom. The maximum atomic E-state index is 12.2. The smallest absolute Gasteiger partial charge is 0.387 e. The predicted molar refractivity (Wildman–Crippen MR) is 67.9 cm³/mol. The number of amides is 1. The van der Waals surface area contributed by atoms with Crippen LogP contribution in [0.4, 0.5) is 8.78 Å². The summed E-state index contributed by atoms with van der Waals surface area (Å²) in [6.45, 7) is -1.35. The fourth-order valence-electron chi connectivity index (χ4n) is 2.03. The largest absolute Gasteiger partial charge is 0.434 e. The van der Waals surface area contributed by atoms with E-state index in [2.05, 4.69) is 4.74 Å². The molecule has 1 aliphatic rings. The van der Waals surface area contributed by atoms with Crippen molar-refractivity contribution in [2.75, 3.05) is 13.1 Å². The van der Waals surface area contributed by atoms with E-state index >= 15 is 0 Å². The van der Waals surface area contributed by atoms with Gasteiger partial charge in [-0.15, -0.1) is 0 Å². The van der Waals surface area contributed by atoms with Crippen molar-refractivity contribution in [2.45, 2.75) is 19.5 Å². The molecule has 0 aliphatic carbocycles. The van der Waals surface area contributed by atoms with Gasteiger partial charge in [-0.1, -0.05) is 18.2 Å². The summed E-state index contributed by atoms with van der Waals surface area (Å²) in [6, 6.07) is 6.40. The Hall–Kier alpha value is -1.91. The van der Waals surface area contributed by atoms with Gasteiger partial charge in [-0.05, 0) is 25.0 Å². The first-order chi connectivity index (χ1) is 9.16. The highest BCUT2D eigenvalue weighted by atomic mass is 19.3. The molecule has 5 heteroatoms. The fraction of sp³-hybridized carbons (Fsp3) is 0.357. The van der Waals surface area contributed by atoms with Gasteiger partial charge in [0.25, 0.3) is 0 Å². The maximum Gasteiger partial charge on any atom is 0.387 e. The molecular formula is C14H15F2NO2. The van der Waals surface area contributed by atoms with E-state index < -0.39 is 6.61 Å². The Balaban J connectivity index is 2.07. The lowest BCUT2D eigenvalue weighted by Gasteiger charge is -2.12. The van der Waals surface area contributed by atoms with E-state index in [9.17, 15) is 13.6 Å². The molecule has 1 heterocycles. The van der Waals surface area contributed by atoms with Crippen LogP contribution < -0.4 is 4.74 Å². The molecule has 0 atom stereocenters. The minimum absolute atomic E-state index is 0.0722. The van der Waals surface area contributed by atoms with E-state index in [4.69, 9.17) is 0 Å². The standard InChI is InChI=1S/C14H15F2NO2/c15-14(16)19-12-6-2-1-5-11(12)7-8-13(18)17-9-3-4-10-17/h1-2,5-8,14H,3-4,9-10H2/b8-7+. The van der Waals surface area contributed by atoms with E-state index in [0.29, 0.717) is 5.56 Å². The van der Waals surface area contributed by atoms with Gasteiger partial charge in [0.2, 0.25) is 5.91 Å². The van der Waals surface area contributed by atoms with E-state index in [1.807, 2.05) is 0 Å². The second-order valence-corrected chi connectivity index (χ2v) is 4.28. The van der Waals surface area contributed by atoms with Gasteiger partial charge in [-0.3, -0.25) is 4.79 Å². The van der Waals surface area contributed by atoms with Crippen LogP contribution in [0.3, 0.4) is 0 Å². The van der Waals surface area contributed by atoms with Crippen molar-refractivity contribution in [2.24, 2.45) is 0 Å². The zero-order valence-electron chi connectivity index (χ0n) is 10.4. The summed E-state index contributed by atoms with van der Waals surface area (Å²) in [5, 5.41) is 0. The first-order valence-corrected chi connectivity index (χ1v) is 6.17. The molecule has 1 aromatic carbocycles. The van der Waals surface area contributed by atoms with Crippen LogP contribution in [-0.2, 0) is 4.79 Å². The monoisotopic (exact) mass is 267 g/mol. The zero-order valence-corrected chi connectivity index (χ0v) is 10.4. The number of rotatable bonds is 4. The maximum absolute atomic E-state index is 12.2. The normalized spacial score (nSPS) is 15.4. The van der Waals surface area contributed by atoms with Crippen molar-refractivity contribution < 1.29 is 18.3 Å². The summed E-state index contributed by atoms with van der Waals surface area (Å²) in [4.78, 5) is 13.5. The highest BCUT2D eigenvalue weighted by molar-refractivity contribution is 5.92. The Morgan fingerprint density at radius 2 is 1.95 bits per heavy atom. The Bertz CT molecular complexity index is 468. The van der Waals surface area contributed by atoms with Crippen molar-refractivity contribution in [3.63, 3.8) is 0 Å². The number of likely N-dealkylation sites (tertiary alicyclic amines) is 1. The molecule has 1 aromatic rings. The van der Waals surface area contributed by atoms with Crippen molar-refractivity contribution >= 4 is 12.0 Å². The van der Waals surface area contributed by atoms with Crippen LogP contribution in [0.15, 0.2) is 30.3 Å². The van der Waals surface area contributed by atoms with Crippen molar-refractivity contribution in [1.29, 1.82) is 0 Å². The molecule has 0 spiro atoms. The average molecular weight is 267 g/mol. The first-order valence-electron chi connectivity index (χ1n) is 6.17. The van der Waals surface area contributed by atoms with Gasteiger partial charge >= 0.3 is 6.61 Å². The van der Waals surface area contributed by atoms with Gasteiger partial charge in [0.1, 0.15) is 5.75 Å². The first kappa shape index (κ1) is 13.5. The third-order valence-corrected chi connectivity index (χ3v) is 2.96. The molecule has 0 N–H and O–H groups in total. The fourth-order valence-corrected chi connectivity index (χ4v) is 2.03. The number of nitrogens with zero attached hydrogens (tertiary/aromatic N) is 1. The van der Waals surface area contributed by atoms with E-state index in [1.165, 1.54) is 18.2 Å². The van der Waals surface area contributed by atoms with E-state index in [0.717, 1.165) is 25.9 Å². The van der Waals surface area contributed by atoms with Crippen molar-refractivity contribution in [3.8, 4) is 5.75 Å². The van der Waals surface area contributed by atoms with Gasteiger partial charge < -0.3 is 9.64 Å². The molecule has 19 heavy (non-hydrogen) atoms. The summed E-state index contributed by atoms with van der Waals surface area (Å²) >= 11 is 0. The number of ether oxygens (including phenoxy) is 1. The van der Waals surface area contributed by atoms with Gasteiger partial charge in [0, 0.05) is 24.7 Å². The SMILES string of the molecule is O=C(/C=C/c1ccccc1OC(F)F)N1CCCC1. The predicted octanol–water partition coefficient (Wildman–Crippen LogP) is 2.92. The molecular weight excluding hydrogens is 252 g/mol. The van der Waals surface area contributed by atoms with Crippen LogP contribution in [0.2, 0.25) is 0 Å². The van der Waals surface area contributed by atoms with Gasteiger partial charge in [-0.2, -0.15) is 8.78 Å². The molecule has 3 nitrogen and oxygen atoms in total. The topological polar surface area (TPSA) is 29.5 Å². The number of carbonyl (C=O) groups excluding carboxylic acids is 1. The van der Waals surface area contributed by atoms with E-state index in [-0.39, 0.29) is 11.7 Å². The Labute approximate surface area is 110 Å². The molecule has 0 radical (unpaired) electrons. The highest BCUT2D eigenvalue weighted by Gasteiger charge is 2.15. The molecule has 1 fully saturated rings. The van der Waals surface area contributed by atoms with Crippen LogP contribution in [0.25, 0.3) is 6.08 Å². The third-order valence-electron chi connectivity index (χ3n) is 2.96. The Kier molecular flexibility index (Phi) is 4.49. The molecule has 102 valence electrons. The van der Waals surface area contributed by atoms with Gasteiger partial charge in [0.05, 0.1) is 0 Å². The number of carbonyl (C=O) groups is 1. The molecule has 1 amide bonds. The minimum Gasteiger partial charge on any atom is -0.434 e. The van der Waals surface area contributed by atoms with Crippen LogP contribution in [-0.4, -0.2) is 30.5 Å². The zero-order chi connectivity index (χ0) is 13.7. The number of hydrogen-bond acceptors (Lipinski definition) is 2. The highest BCUT2D eigenvalue weighted by Crippen LogP contribution is 2.21. The lowest BCUT2D eigenvalue weighted by atomic mass is 10.2. The molecule has 0 unspecified atom stereocenters.